The summed E-state index contributed by atoms with van der Waals surface area (Å²) in [5.41, 5.74) is 3.23. The fourth-order valence-corrected chi connectivity index (χ4v) is 3.14. The number of aryl methyl sites for hydroxylation is 2. The van der Waals surface area contributed by atoms with E-state index in [1.54, 1.807) is 11.3 Å². The number of fused-ring (bicyclic) bond motifs is 1. The Morgan fingerprint density at radius 1 is 1.27 bits per heavy atom. The summed E-state index contributed by atoms with van der Waals surface area (Å²) >= 11 is 1.65. The highest BCUT2D eigenvalue weighted by Gasteiger charge is 2.08. The van der Waals surface area contributed by atoms with E-state index < -0.39 is 0 Å². The molecule has 6 heteroatoms. The van der Waals surface area contributed by atoms with Gasteiger partial charge in [0.1, 0.15) is 5.82 Å². The number of nitrogens with one attached hydrogen (secondary N) is 2. The van der Waals surface area contributed by atoms with Crippen LogP contribution in [-0.2, 0) is 20.1 Å². The molecule has 3 aromatic rings. The summed E-state index contributed by atoms with van der Waals surface area (Å²) in [7, 11) is 1.96. The standard InChI is InChI=1S/C16H18N4OS/c1-11-7-12(22-10-11)8-17-16(21)18-9-15-19-13-5-3-4-6-14(13)20(15)2/h3-7,10H,8-9H2,1-2H3,(H2,17,18,21). The van der Waals surface area contributed by atoms with Gasteiger partial charge in [-0.25, -0.2) is 9.78 Å². The highest BCUT2D eigenvalue weighted by Crippen LogP contribution is 2.14. The predicted octanol–water partition coefficient (Wildman–Crippen LogP) is 2.94. The summed E-state index contributed by atoms with van der Waals surface area (Å²) in [6.45, 7) is 3.00. The molecule has 0 radical (unpaired) electrons. The van der Waals surface area contributed by atoms with E-state index in [0.29, 0.717) is 13.1 Å². The zero-order valence-corrected chi connectivity index (χ0v) is 13.4. The molecule has 0 aliphatic heterocycles. The molecule has 2 heterocycles. The second kappa shape index (κ2) is 6.19. The van der Waals surface area contributed by atoms with Crippen LogP contribution in [0.5, 0.6) is 0 Å². The van der Waals surface area contributed by atoms with Crippen LogP contribution < -0.4 is 10.6 Å². The van der Waals surface area contributed by atoms with Crippen LogP contribution >= 0.6 is 11.3 Å². The molecule has 5 nitrogen and oxygen atoms in total. The average Bonchev–Trinajstić information content (AvgIpc) is 3.07. The molecular weight excluding hydrogens is 296 g/mol. The van der Waals surface area contributed by atoms with Gasteiger partial charge in [-0.2, -0.15) is 0 Å². The lowest BCUT2D eigenvalue weighted by atomic mass is 10.3. The monoisotopic (exact) mass is 314 g/mol. The van der Waals surface area contributed by atoms with Crippen molar-refractivity contribution in [2.24, 2.45) is 7.05 Å². The molecular formula is C16H18N4OS. The number of urea groups is 1. The van der Waals surface area contributed by atoms with E-state index in [9.17, 15) is 4.79 Å². The number of imidazole rings is 1. The first-order valence-corrected chi connectivity index (χ1v) is 7.97. The Morgan fingerprint density at radius 2 is 2.05 bits per heavy atom. The predicted molar refractivity (Wildman–Crippen MR) is 88.8 cm³/mol. The number of amides is 2. The normalized spacial score (nSPS) is 10.8. The second-order valence-corrected chi connectivity index (χ2v) is 6.20. The van der Waals surface area contributed by atoms with Crippen molar-refractivity contribution in [3.8, 4) is 0 Å². The summed E-state index contributed by atoms with van der Waals surface area (Å²) in [5, 5.41) is 7.79. The zero-order valence-electron chi connectivity index (χ0n) is 12.6. The van der Waals surface area contributed by atoms with Crippen molar-refractivity contribution in [3.05, 3.63) is 52.0 Å². The van der Waals surface area contributed by atoms with Gasteiger partial charge in [0.2, 0.25) is 0 Å². The van der Waals surface area contributed by atoms with Gasteiger partial charge < -0.3 is 15.2 Å². The molecule has 0 unspecified atom stereocenters. The number of thiophene rings is 1. The molecule has 0 aliphatic carbocycles. The molecule has 3 rings (SSSR count). The van der Waals surface area contributed by atoms with E-state index in [1.165, 1.54) is 5.56 Å². The third-order valence-electron chi connectivity index (χ3n) is 3.49. The first-order valence-electron chi connectivity index (χ1n) is 7.09. The van der Waals surface area contributed by atoms with Crippen LogP contribution in [0.3, 0.4) is 0 Å². The molecule has 2 amide bonds. The van der Waals surface area contributed by atoms with Crippen molar-refractivity contribution in [2.75, 3.05) is 0 Å². The fourth-order valence-electron chi connectivity index (χ4n) is 2.33. The smallest absolute Gasteiger partial charge is 0.315 e. The van der Waals surface area contributed by atoms with Gasteiger partial charge in [-0.1, -0.05) is 12.1 Å². The number of aromatic nitrogens is 2. The number of para-hydroxylation sites is 2. The van der Waals surface area contributed by atoms with Crippen LogP contribution in [0.2, 0.25) is 0 Å². The molecule has 114 valence electrons. The maximum Gasteiger partial charge on any atom is 0.315 e. The fraction of sp³-hybridized carbons (Fsp3) is 0.250. The Kier molecular flexibility index (Phi) is 4.11. The lowest BCUT2D eigenvalue weighted by Gasteiger charge is -2.07. The average molecular weight is 314 g/mol. The number of hydrogen-bond donors (Lipinski definition) is 2. The van der Waals surface area contributed by atoms with Gasteiger partial charge in [0, 0.05) is 11.9 Å². The molecule has 0 bridgehead atoms. The van der Waals surface area contributed by atoms with Crippen molar-refractivity contribution < 1.29 is 4.79 Å². The van der Waals surface area contributed by atoms with Crippen LogP contribution in [0.4, 0.5) is 4.79 Å². The number of carbonyl (C=O) groups excluding carboxylic acids is 1. The number of carbonyl (C=O) groups is 1. The third-order valence-corrected chi connectivity index (χ3v) is 4.55. The molecule has 0 aliphatic rings. The molecule has 2 aromatic heterocycles. The number of rotatable bonds is 4. The summed E-state index contributed by atoms with van der Waals surface area (Å²) < 4.78 is 2.00. The van der Waals surface area contributed by atoms with Crippen molar-refractivity contribution in [2.45, 2.75) is 20.0 Å². The topological polar surface area (TPSA) is 59.0 Å². The van der Waals surface area contributed by atoms with Crippen molar-refractivity contribution in [1.29, 1.82) is 0 Å². The largest absolute Gasteiger partial charge is 0.333 e. The van der Waals surface area contributed by atoms with E-state index in [2.05, 4.69) is 27.1 Å². The minimum absolute atomic E-state index is 0.182. The van der Waals surface area contributed by atoms with E-state index in [1.807, 2.05) is 42.8 Å². The molecule has 0 spiro atoms. The van der Waals surface area contributed by atoms with Crippen LogP contribution in [0.1, 0.15) is 16.3 Å². The SMILES string of the molecule is Cc1csc(CNC(=O)NCc2nc3ccccc3n2C)c1. The summed E-state index contributed by atoms with van der Waals surface area (Å²) in [4.78, 5) is 17.5. The highest BCUT2D eigenvalue weighted by molar-refractivity contribution is 7.10. The minimum Gasteiger partial charge on any atom is -0.333 e. The van der Waals surface area contributed by atoms with Crippen LogP contribution in [0.15, 0.2) is 35.7 Å². The highest BCUT2D eigenvalue weighted by atomic mass is 32.1. The molecule has 0 saturated heterocycles. The van der Waals surface area contributed by atoms with Gasteiger partial charge in [0.05, 0.1) is 24.1 Å². The van der Waals surface area contributed by atoms with E-state index in [4.69, 9.17) is 0 Å². The van der Waals surface area contributed by atoms with Crippen molar-refractivity contribution in [3.63, 3.8) is 0 Å². The number of benzene rings is 1. The Morgan fingerprint density at radius 3 is 2.77 bits per heavy atom. The van der Waals surface area contributed by atoms with Crippen molar-refractivity contribution in [1.82, 2.24) is 20.2 Å². The van der Waals surface area contributed by atoms with Crippen LogP contribution in [0, 0.1) is 6.92 Å². The van der Waals surface area contributed by atoms with Gasteiger partial charge in [-0.15, -0.1) is 11.3 Å². The van der Waals surface area contributed by atoms with E-state index in [-0.39, 0.29) is 6.03 Å². The van der Waals surface area contributed by atoms with E-state index >= 15 is 0 Å². The van der Waals surface area contributed by atoms with Crippen molar-refractivity contribution >= 4 is 28.4 Å². The maximum absolute atomic E-state index is 11.9. The number of nitrogens with zero attached hydrogens (tertiary/aromatic N) is 2. The molecule has 0 fully saturated rings. The third kappa shape index (κ3) is 3.12. The lowest BCUT2D eigenvalue weighted by Crippen LogP contribution is -2.35. The van der Waals surface area contributed by atoms with Gasteiger partial charge >= 0.3 is 6.03 Å². The summed E-state index contributed by atoms with van der Waals surface area (Å²) in [6, 6.07) is 9.83. The summed E-state index contributed by atoms with van der Waals surface area (Å²) in [5.74, 6) is 0.836. The Hall–Kier alpha value is -2.34. The quantitative estimate of drug-likeness (QED) is 0.778. The van der Waals surface area contributed by atoms with Gasteiger partial charge in [0.25, 0.3) is 0 Å². The first-order chi connectivity index (χ1) is 10.6. The second-order valence-electron chi connectivity index (χ2n) is 5.20. The van der Waals surface area contributed by atoms with Gasteiger partial charge in [0.15, 0.2) is 0 Å². The first kappa shape index (κ1) is 14.6. The minimum atomic E-state index is -0.182. The molecule has 2 N–H and O–H groups in total. The molecule has 22 heavy (non-hydrogen) atoms. The Balaban J connectivity index is 1.57. The van der Waals surface area contributed by atoms with E-state index in [0.717, 1.165) is 21.7 Å². The Bertz CT molecular complexity index is 805. The molecule has 0 saturated carbocycles. The van der Waals surface area contributed by atoms with Crippen LogP contribution in [-0.4, -0.2) is 15.6 Å². The number of hydrogen-bond acceptors (Lipinski definition) is 3. The Labute approximate surface area is 133 Å². The molecule has 0 atom stereocenters. The zero-order chi connectivity index (χ0) is 15.5. The lowest BCUT2D eigenvalue weighted by molar-refractivity contribution is 0.240. The maximum atomic E-state index is 11.9. The summed E-state index contributed by atoms with van der Waals surface area (Å²) in [6.07, 6.45) is 0. The van der Waals surface area contributed by atoms with Gasteiger partial charge in [-0.3, -0.25) is 0 Å². The molecule has 1 aromatic carbocycles. The van der Waals surface area contributed by atoms with Gasteiger partial charge in [-0.05, 0) is 36.1 Å². The van der Waals surface area contributed by atoms with Crippen LogP contribution in [0.25, 0.3) is 11.0 Å².